The zero-order chi connectivity index (χ0) is 27.2. The molecule has 0 aliphatic rings. The molecule has 9 nitrogen and oxygen atoms in total. The molecule has 0 unspecified atom stereocenters. The van der Waals surface area contributed by atoms with Gasteiger partial charge in [-0.1, -0.05) is 29.8 Å². The monoisotopic (exact) mass is 578 g/mol. The quantitative estimate of drug-likeness (QED) is 0.122. The molecule has 0 N–H and O–H groups in total. The molecular formula is C28H27BrN4O5. The number of nitrogens with zero attached hydrogens (tertiary/aromatic N) is 4. The van der Waals surface area contributed by atoms with Crippen LogP contribution in [0.15, 0.2) is 75.0 Å². The van der Waals surface area contributed by atoms with Crippen LogP contribution in [-0.4, -0.2) is 27.4 Å². The lowest BCUT2D eigenvalue weighted by Crippen LogP contribution is -2.23. The molecule has 0 radical (unpaired) electrons. The molecule has 1 aromatic heterocycles. The smallest absolute Gasteiger partial charge is 0.282 e. The average molecular weight is 579 g/mol. The van der Waals surface area contributed by atoms with E-state index in [9.17, 15) is 14.9 Å². The second-order valence-electron chi connectivity index (χ2n) is 8.65. The number of halogens is 1. The second kappa shape index (κ2) is 12.0. The van der Waals surface area contributed by atoms with E-state index in [-0.39, 0.29) is 23.8 Å². The van der Waals surface area contributed by atoms with E-state index >= 15 is 0 Å². The van der Waals surface area contributed by atoms with Gasteiger partial charge in [-0.25, -0.2) is 4.98 Å². The molecule has 0 fully saturated rings. The summed E-state index contributed by atoms with van der Waals surface area (Å²) in [4.78, 5) is 28.5. The lowest BCUT2D eigenvalue weighted by atomic mass is 10.1. The molecular weight excluding hydrogens is 552 g/mol. The van der Waals surface area contributed by atoms with E-state index in [1.165, 1.54) is 16.8 Å². The van der Waals surface area contributed by atoms with Crippen LogP contribution in [-0.2, 0) is 6.61 Å². The van der Waals surface area contributed by atoms with Crippen LogP contribution in [0.25, 0.3) is 10.9 Å². The van der Waals surface area contributed by atoms with Gasteiger partial charge in [0.05, 0.1) is 28.6 Å². The normalized spacial score (nSPS) is 12.1. The number of aromatic nitrogens is 2. The van der Waals surface area contributed by atoms with Crippen LogP contribution in [0.5, 0.6) is 11.5 Å². The Kier molecular flexibility index (Phi) is 8.52. The number of non-ortho nitro benzene ring substituents is 1. The molecule has 4 rings (SSSR count). The number of hydrogen-bond acceptors (Lipinski definition) is 7. The summed E-state index contributed by atoms with van der Waals surface area (Å²) in [6.07, 6.45) is 2.40. The maximum atomic E-state index is 13.4. The lowest BCUT2D eigenvalue weighted by Gasteiger charge is -2.14. The van der Waals surface area contributed by atoms with Crippen LogP contribution < -0.4 is 15.0 Å². The zero-order valence-corrected chi connectivity index (χ0v) is 22.8. The first-order chi connectivity index (χ1) is 18.3. The Balaban J connectivity index is 1.63. The van der Waals surface area contributed by atoms with Gasteiger partial charge in [-0.2, -0.15) is 9.78 Å². The maximum Gasteiger partial charge on any atom is 0.282 e. The first kappa shape index (κ1) is 27.0. The van der Waals surface area contributed by atoms with Gasteiger partial charge in [-0.05, 0) is 73.0 Å². The number of benzene rings is 3. The van der Waals surface area contributed by atoms with Gasteiger partial charge < -0.3 is 9.47 Å². The minimum absolute atomic E-state index is 0.0252. The predicted molar refractivity (Wildman–Crippen MR) is 150 cm³/mol. The summed E-state index contributed by atoms with van der Waals surface area (Å²) in [6.45, 7) is 6.58. The fourth-order valence-electron chi connectivity index (χ4n) is 3.77. The van der Waals surface area contributed by atoms with E-state index < -0.39 is 4.92 Å². The summed E-state index contributed by atoms with van der Waals surface area (Å²) >= 11 is 3.43. The zero-order valence-electron chi connectivity index (χ0n) is 21.3. The molecule has 38 heavy (non-hydrogen) atoms. The second-order valence-corrected chi connectivity index (χ2v) is 9.57. The molecule has 0 saturated heterocycles. The van der Waals surface area contributed by atoms with Crippen LogP contribution in [0.3, 0.4) is 0 Å². The highest BCUT2D eigenvalue weighted by Gasteiger charge is 2.16. The van der Waals surface area contributed by atoms with E-state index in [0.717, 1.165) is 16.5 Å². The number of nitro benzene ring substituents is 1. The number of fused-ring (bicyclic) bond motifs is 1. The predicted octanol–water partition coefficient (Wildman–Crippen LogP) is 6.44. The van der Waals surface area contributed by atoms with Crippen molar-refractivity contribution in [3.63, 3.8) is 0 Å². The third-order valence-electron chi connectivity index (χ3n) is 6.02. The van der Waals surface area contributed by atoms with Crippen molar-refractivity contribution in [2.45, 2.75) is 39.7 Å². The van der Waals surface area contributed by atoms with Crippen molar-refractivity contribution in [3.05, 3.63) is 103 Å². The number of hydrogen-bond donors (Lipinski definition) is 0. The highest BCUT2D eigenvalue weighted by Crippen LogP contribution is 2.29. The Morgan fingerprint density at radius 2 is 1.84 bits per heavy atom. The van der Waals surface area contributed by atoms with Crippen molar-refractivity contribution < 1.29 is 14.4 Å². The summed E-state index contributed by atoms with van der Waals surface area (Å²) < 4.78 is 13.9. The van der Waals surface area contributed by atoms with Crippen molar-refractivity contribution in [3.8, 4) is 11.5 Å². The van der Waals surface area contributed by atoms with Crippen LogP contribution in [0.2, 0.25) is 0 Å². The molecule has 1 heterocycles. The Morgan fingerprint density at radius 1 is 1.08 bits per heavy atom. The first-order valence-electron chi connectivity index (χ1n) is 12.2. The summed E-state index contributed by atoms with van der Waals surface area (Å²) in [5, 5.41) is 15.9. The van der Waals surface area contributed by atoms with Gasteiger partial charge in [-0.15, -0.1) is 0 Å². The minimum atomic E-state index is -0.439. The topological polar surface area (TPSA) is 109 Å². The third kappa shape index (κ3) is 6.08. The van der Waals surface area contributed by atoms with Gasteiger partial charge in [0.25, 0.3) is 11.2 Å². The van der Waals surface area contributed by atoms with Crippen LogP contribution in [0, 0.1) is 10.1 Å². The van der Waals surface area contributed by atoms with Crippen LogP contribution >= 0.6 is 15.9 Å². The van der Waals surface area contributed by atoms with Gasteiger partial charge in [-0.3, -0.25) is 14.9 Å². The molecule has 1 atom stereocenters. The molecule has 0 aliphatic carbocycles. The number of rotatable bonds is 10. The average Bonchev–Trinajstić information content (AvgIpc) is 2.92. The van der Waals surface area contributed by atoms with Crippen molar-refractivity contribution in [2.75, 3.05) is 6.61 Å². The lowest BCUT2D eigenvalue weighted by molar-refractivity contribution is -0.384. The van der Waals surface area contributed by atoms with Gasteiger partial charge in [0, 0.05) is 22.5 Å². The SMILES string of the molecule is CCOc1cc(C=Nn2c([C@@H](C)CC)nc3ccc(Br)cc3c2=O)ccc1OCc1ccc([N+](=O)[O-])cc1. The van der Waals surface area contributed by atoms with E-state index in [1.807, 2.05) is 39.0 Å². The van der Waals surface area contributed by atoms with E-state index in [1.54, 1.807) is 36.5 Å². The van der Waals surface area contributed by atoms with E-state index in [2.05, 4.69) is 21.0 Å². The Hall–Kier alpha value is -4.05. The summed E-state index contributed by atoms with van der Waals surface area (Å²) in [6, 6.07) is 17.0. The van der Waals surface area contributed by atoms with Gasteiger partial charge in [0.15, 0.2) is 11.5 Å². The van der Waals surface area contributed by atoms with Gasteiger partial charge >= 0.3 is 0 Å². The summed E-state index contributed by atoms with van der Waals surface area (Å²) in [5.41, 5.74) is 1.92. The van der Waals surface area contributed by atoms with Crippen molar-refractivity contribution >= 4 is 38.7 Å². The molecule has 0 amide bonds. The summed E-state index contributed by atoms with van der Waals surface area (Å²) in [5.74, 6) is 1.67. The third-order valence-corrected chi connectivity index (χ3v) is 6.51. The Bertz CT molecular complexity index is 1550. The molecule has 4 aromatic rings. The molecule has 10 heteroatoms. The van der Waals surface area contributed by atoms with Gasteiger partial charge in [0.2, 0.25) is 0 Å². The molecule has 0 bridgehead atoms. The standard InChI is InChI=1S/C28H27BrN4O5/c1-4-18(3)27-31-24-12-9-21(29)15-23(24)28(34)32(27)30-16-20-8-13-25(26(14-20)37-5-2)38-17-19-6-10-22(11-7-19)33(35)36/h6-16,18H,4-5,17H2,1-3H3/t18-/m0/s1. The molecule has 0 saturated carbocycles. The fourth-order valence-corrected chi connectivity index (χ4v) is 4.13. The van der Waals surface area contributed by atoms with Crippen molar-refractivity contribution in [2.24, 2.45) is 5.10 Å². The fraction of sp³-hybridized carbons (Fsp3) is 0.250. The van der Waals surface area contributed by atoms with Crippen molar-refractivity contribution in [1.29, 1.82) is 0 Å². The first-order valence-corrected chi connectivity index (χ1v) is 13.0. The number of nitro groups is 1. The summed E-state index contributed by atoms with van der Waals surface area (Å²) in [7, 11) is 0. The maximum absolute atomic E-state index is 13.4. The van der Waals surface area contributed by atoms with Crippen molar-refractivity contribution in [1.82, 2.24) is 9.66 Å². The largest absolute Gasteiger partial charge is 0.490 e. The Labute approximate surface area is 228 Å². The van der Waals surface area contributed by atoms with E-state index in [0.29, 0.717) is 40.4 Å². The van der Waals surface area contributed by atoms with Crippen LogP contribution in [0.1, 0.15) is 50.1 Å². The molecule has 196 valence electrons. The Morgan fingerprint density at radius 3 is 2.53 bits per heavy atom. The molecule has 0 aliphatic heterocycles. The van der Waals surface area contributed by atoms with Crippen LogP contribution in [0.4, 0.5) is 5.69 Å². The highest BCUT2D eigenvalue weighted by molar-refractivity contribution is 9.10. The number of ether oxygens (including phenoxy) is 2. The van der Waals surface area contributed by atoms with Gasteiger partial charge in [0.1, 0.15) is 12.4 Å². The molecule has 3 aromatic carbocycles. The van der Waals surface area contributed by atoms with E-state index in [4.69, 9.17) is 14.5 Å². The molecule has 0 spiro atoms. The highest BCUT2D eigenvalue weighted by atomic mass is 79.9. The minimum Gasteiger partial charge on any atom is -0.490 e.